The van der Waals surface area contributed by atoms with Crippen LogP contribution in [0.5, 0.6) is 0 Å². The molecule has 0 atom stereocenters. The molecule has 0 saturated heterocycles. The van der Waals surface area contributed by atoms with Gasteiger partial charge in [0.15, 0.2) is 0 Å². The van der Waals surface area contributed by atoms with Crippen LogP contribution in [0.4, 0.5) is 5.95 Å². The third-order valence-corrected chi connectivity index (χ3v) is 2.48. The van der Waals surface area contributed by atoms with Crippen LogP contribution in [0.2, 0.25) is 0 Å². The molecule has 2 aromatic heterocycles. The topological polar surface area (TPSA) is 42.7 Å². The SMILES string of the molecule is CCn1ccnc1NCc1ccc(C)nc1. The molecule has 0 bridgehead atoms. The lowest BCUT2D eigenvalue weighted by Gasteiger charge is -2.07. The van der Waals surface area contributed by atoms with E-state index in [9.17, 15) is 0 Å². The summed E-state index contributed by atoms with van der Waals surface area (Å²) in [7, 11) is 0. The fourth-order valence-corrected chi connectivity index (χ4v) is 1.52. The van der Waals surface area contributed by atoms with Gasteiger partial charge in [-0.1, -0.05) is 6.07 Å². The second-order valence-corrected chi connectivity index (χ2v) is 3.70. The molecule has 0 radical (unpaired) electrons. The van der Waals surface area contributed by atoms with Crippen molar-refractivity contribution in [3.63, 3.8) is 0 Å². The summed E-state index contributed by atoms with van der Waals surface area (Å²) < 4.78 is 2.07. The number of rotatable bonds is 4. The van der Waals surface area contributed by atoms with Crippen molar-refractivity contribution in [3.8, 4) is 0 Å². The lowest BCUT2D eigenvalue weighted by atomic mass is 10.2. The molecular weight excluding hydrogens is 200 g/mol. The summed E-state index contributed by atoms with van der Waals surface area (Å²) in [6, 6.07) is 4.10. The molecule has 84 valence electrons. The van der Waals surface area contributed by atoms with E-state index in [2.05, 4.69) is 32.8 Å². The van der Waals surface area contributed by atoms with Gasteiger partial charge in [0, 0.05) is 37.4 Å². The molecule has 0 unspecified atom stereocenters. The van der Waals surface area contributed by atoms with E-state index in [1.165, 1.54) is 0 Å². The van der Waals surface area contributed by atoms with Gasteiger partial charge in [-0.15, -0.1) is 0 Å². The molecular formula is C12H16N4. The van der Waals surface area contributed by atoms with Gasteiger partial charge in [-0.05, 0) is 25.5 Å². The summed E-state index contributed by atoms with van der Waals surface area (Å²) >= 11 is 0. The third-order valence-electron chi connectivity index (χ3n) is 2.48. The summed E-state index contributed by atoms with van der Waals surface area (Å²) in [4.78, 5) is 8.51. The van der Waals surface area contributed by atoms with Crippen molar-refractivity contribution in [2.24, 2.45) is 0 Å². The predicted molar refractivity (Wildman–Crippen MR) is 64.2 cm³/mol. The molecule has 0 aromatic carbocycles. The Morgan fingerprint density at radius 3 is 2.88 bits per heavy atom. The van der Waals surface area contributed by atoms with Crippen LogP contribution >= 0.6 is 0 Å². The first-order valence-corrected chi connectivity index (χ1v) is 5.46. The van der Waals surface area contributed by atoms with E-state index in [0.717, 1.165) is 30.3 Å². The highest BCUT2D eigenvalue weighted by molar-refractivity contribution is 5.28. The monoisotopic (exact) mass is 216 g/mol. The minimum Gasteiger partial charge on any atom is -0.352 e. The largest absolute Gasteiger partial charge is 0.352 e. The Balaban J connectivity index is 1.99. The van der Waals surface area contributed by atoms with Crippen LogP contribution in [-0.2, 0) is 13.1 Å². The minimum atomic E-state index is 0.754. The highest BCUT2D eigenvalue weighted by atomic mass is 15.2. The Morgan fingerprint density at radius 2 is 2.19 bits per heavy atom. The molecule has 2 heterocycles. The van der Waals surface area contributed by atoms with Gasteiger partial charge in [0.25, 0.3) is 0 Å². The van der Waals surface area contributed by atoms with Crippen LogP contribution in [-0.4, -0.2) is 14.5 Å². The number of anilines is 1. The fourth-order valence-electron chi connectivity index (χ4n) is 1.52. The van der Waals surface area contributed by atoms with Crippen molar-refractivity contribution in [1.29, 1.82) is 0 Å². The van der Waals surface area contributed by atoms with Crippen molar-refractivity contribution in [1.82, 2.24) is 14.5 Å². The fraction of sp³-hybridized carbons (Fsp3) is 0.333. The van der Waals surface area contributed by atoms with Crippen molar-refractivity contribution in [2.45, 2.75) is 26.9 Å². The highest BCUT2D eigenvalue weighted by Crippen LogP contribution is 2.06. The lowest BCUT2D eigenvalue weighted by Crippen LogP contribution is -2.06. The molecule has 0 saturated carbocycles. The average Bonchev–Trinajstić information content (AvgIpc) is 2.76. The van der Waals surface area contributed by atoms with Gasteiger partial charge in [0.2, 0.25) is 5.95 Å². The zero-order chi connectivity index (χ0) is 11.4. The van der Waals surface area contributed by atoms with Crippen LogP contribution in [0.15, 0.2) is 30.7 Å². The summed E-state index contributed by atoms with van der Waals surface area (Å²) in [5, 5.41) is 3.29. The van der Waals surface area contributed by atoms with Crippen molar-refractivity contribution in [3.05, 3.63) is 42.0 Å². The van der Waals surface area contributed by atoms with E-state index < -0.39 is 0 Å². The zero-order valence-corrected chi connectivity index (χ0v) is 9.64. The summed E-state index contributed by atoms with van der Waals surface area (Å²) in [6.07, 6.45) is 5.66. The van der Waals surface area contributed by atoms with Crippen molar-refractivity contribution in [2.75, 3.05) is 5.32 Å². The standard InChI is InChI=1S/C12H16N4/c1-3-16-7-6-13-12(16)15-9-11-5-4-10(2)14-8-11/h4-8H,3,9H2,1-2H3,(H,13,15). The Morgan fingerprint density at radius 1 is 1.31 bits per heavy atom. The normalized spacial score (nSPS) is 10.4. The average molecular weight is 216 g/mol. The number of hydrogen-bond acceptors (Lipinski definition) is 3. The van der Waals surface area contributed by atoms with Gasteiger partial charge in [0.1, 0.15) is 0 Å². The van der Waals surface area contributed by atoms with E-state index in [1.54, 1.807) is 6.20 Å². The number of pyridine rings is 1. The molecule has 2 rings (SSSR count). The molecule has 4 nitrogen and oxygen atoms in total. The third kappa shape index (κ3) is 2.39. The quantitative estimate of drug-likeness (QED) is 0.852. The van der Waals surface area contributed by atoms with Crippen LogP contribution in [0.3, 0.4) is 0 Å². The Kier molecular flexibility index (Phi) is 3.19. The first kappa shape index (κ1) is 10.7. The van der Waals surface area contributed by atoms with Crippen LogP contribution in [0.1, 0.15) is 18.2 Å². The molecule has 4 heteroatoms. The van der Waals surface area contributed by atoms with E-state index >= 15 is 0 Å². The highest BCUT2D eigenvalue weighted by Gasteiger charge is 2.00. The van der Waals surface area contributed by atoms with E-state index in [-0.39, 0.29) is 0 Å². The smallest absolute Gasteiger partial charge is 0.203 e. The van der Waals surface area contributed by atoms with E-state index in [0.29, 0.717) is 0 Å². The maximum absolute atomic E-state index is 4.25. The first-order valence-electron chi connectivity index (χ1n) is 5.46. The first-order chi connectivity index (χ1) is 7.79. The minimum absolute atomic E-state index is 0.754. The van der Waals surface area contributed by atoms with Crippen LogP contribution < -0.4 is 5.32 Å². The number of nitrogens with one attached hydrogen (secondary N) is 1. The number of nitrogens with zero attached hydrogens (tertiary/aromatic N) is 3. The van der Waals surface area contributed by atoms with E-state index in [1.807, 2.05) is 25.4 Å². The van der Waals surface area contributed by atoms with Crippen molar-refractivity contribution >= 4 is 5.95 Å². The molecule has 0 aliphatic rings. The Hall–Kier alpha value is -1.84. The van der Waals surface area contributed by atoms with Gasteiger partial charge in [0.05, 0.1) is 0 Å². The number of aromatic nitrogens is 3. The van der Waals surface area contributed by atoms with Crippen molar-refractivity contribution < 1.29 is 0 Å². The maximum Gasteiger partial charge on any atom is 0.203 e. The van der Waals surface area contributed by atoms with Gasteiger partial charge >= 0.3 is 0 Å². The summed E-state index contributed by atoms with van der Waals surface area (Å²) in [5.74, 6) is 0.906. The number of imidazole rings is 1. The van der Waals surface area contributed by atoms with Gasteiger partial charge in [-0.3, -0.25) is 4.98 Å². The van der Waals surface area contributed by atoms with Crippen LogP contribution in [0.25, 0.3) is 0 Å². The predicted octanol–water partition coefficient (Wildman–Crippen LogP) is 2.22. The Bertz CT molecular complexity index is 444. The molecule has 0 aliphatic carbocycles. The second kappa shape index (κ2) is 4.79. The molecule has 0 spiro atoms. The molecule has 16 heavy (non-hydrogen) atoms. The molecule has 0 aliphatic heterocycles. The molecule has 1 N–H and O–H groups in total. The molecule has 0 fully saturated rings. The molecule has 2 aromatic rings. The maximum atomic E-state index is 4.25. The number of hydrogen-bond donors (Lipinski definition) is 1. The lowest BCUT2D eigenvalue weighted by molar-refractivity contribution is 0.763. The number of aryl methyl sites for hydroxylation is 2. The van der Waals surface area contributed by atoms with E-state index in [4.69, 9.17) is 0 Å². The van der Waals surface area contributed by atoms with Gasteiger partial charge in [-0.25, -0.2) is 4.98 Å². The molecule has 0 amide bonds. The van der Waals surface area contributed by atoms with Gasteiger partial charge < -0.3 is 9.88 Å². The van der Waals surface area contributed by atoms with Crippen LogP contribution in [0, 0.1) is 6.92 Å². The summed E-state index contributed by atoms with van der Waals surface area (Å²) in [5.41, 5.74) is 2.20. The zero-order valence-electron chi connectivity index (χ0n) is 9.64. The Labute approximate surface area is 95.4 Å². The van der Waals surface area contributed by atoms with Gasteiger partial charge in [-0.2, -0.15) is 0 Å². The summed E-state index contributed by atoms with van der Waals surface area (Å²) in [6.45, 7) is 5.76. The second-order valence-electron chi connectivity index (χ2n) is 3.70.